The summed E-state index contributed by atoms with van der Waals surface area (Å²) in [5.41, 5.74) is 8.39. The van der Waals surface area contributed by atoms with Crippen molar-refractivity contribution in [1.82, 2.24) is 9.88 Å². The molecule has 112 valence electrons. The summed E-state index contributed by atoms with van der Waals surface area (Å²) in [7, 11) is 0. The van der Waals surface area contributed by atoms with Gasteiger partial charge in [-0.05, 0) is 53.2 Å². The van der Waals surface area contributed by atoms with Crippen molar-refractivity contribution in [1.29, 1.82) is 0 Å². The van der Waals surface area contributed by atoms with Crippen LogP contribution in [0.15, 0.2) is 12.3 Å². The van der Waals surface area contributed by atoms with Gasteiger partial charge in [0.2, 0.25) is 0 Å². The molecule has 0 spiro atoms. The summed E-state index contributed by atoms with van der Waals surface area (Å²) in [5, 5.41) is 0. The SMILES string of the molecule is Cc1cc(N2CCN(C(C)(C)C)C(C)(C)C2)cnc1N. The predicted molar refractivity (Wildman–Crippen MR) is 86.1 cm³/mol. The zero-order valence-electron chi connectivity index (χ0n) is 13.7. The highest BCUT2D eigenvalue weighted by Gasteiger charge is 2.39. The summed E-state index contributed by atoms with van der Waals surface area (Å²) in [6.07, 6.45) is 1.89. The van der Waals surface area contributed by atoms with Crippen LogP contribution >= 0.6 is 0 Å². The molecule has 0 atom stereocenters. The molecule has 2 rings (SSSR count). The van der Waals surface area contributed by atoms with Crippen LogP contribution in [0.1, 0.15) is 40.2 Å². The van der Waals surface area contributed by atoms with Gasteiger partial charge in [0.1, 0.15) is 5.82 Å². The van der Waals surface area contributed by atoms with Crippen molar-refractivity contribution in [2.45, 2.75) is 52.6 Å². The molecule has 0 aromatic carbocycles. The van der Waals surface area contributed by atoms with Crippen molar-refractivity contribution in [3.63, 3.8) is 0 Å². The predicted octanol–water partition coefficient (Wildman–Crippen LogP) is 2.67. The first-order valence-corrected chi connectivity index (χ1v) is 7.36. The number of aromatic nitrogens is 1. The van der Waals surface area contributed by atoms with Crippen molar-refractivity contribution in [3.05, 3.63) is 17.8 Å². The number of nitrogen functional groups attached to an aromatic ring is 1. The maximum Gasteiger partial charge on any atom is 0.126 e. The van der Waals surface area contributed by atoms with E-state index in [0.717, 1.165) is 25.2 Å². The van der Waals surface area contributed by atoms with E-state index in [9.17, 15) is 0 Å². The third-order valence-corrected chi connectivity index (χ3v) is 4.18. The lowest BCUT2D eigenvalue weighted by atomic mass is 9.91. The summed E-state index contributed by atoms with van der Waals surface area (Å²) >= 11 is 0. The maximum atomic E-state index is 5.81. The molecule has 1 aliphatic rings. The Morgan fingerprint density at radius 2 is 1.90 bits per heavy atom. The molecular formula is C16H28N4. The van der Waals surface area contributed by atoms with Crippen LogP contribution in [0.2, 0.25) is 0 Å². The second-order valence-electron chi connectivity index (χ2n) is 7.45. The first kappa shape index (κ1) is 15.1. The molecule has 1 saturated heterocycles. The van der Waals surface area contributed by atoms with Crippen LogP contribution in [0.4, 0.5) is 11.5 Å². The lowest BCUT2D eigenvalue weighted by molar-refractivity contribution is 0.0174. The van der Waals surface area contributed by atoms with Crippen molar-refractivity contribution in [3.8, 4) is 0 Å². The molecule has 0 unspecified atom stereocenters. The Hall–Kier alpha value is -1.29. The number of hydrogen-bond acceptors (Lipinski definition) is 4. The number of nitrogens with two attached hydrogens (primary N) is 1. The fraction of sp³-hybridized carbons (Fsp3) is 0.688. The Morgan fingerprint density at radius 3 is 2.40 bits per heavy atom. The summed E-state index contributed by atoms with van der Waals surface area (Å²) in [4.78, 5) is 9.30. The van der Waals surface area contributed by atoms with Gasteiger partial charge in [0, 0.05) is 30.7 Å². The van der Waals surface area contributed by atoms with E-state index < -0.39 is 0 Å². The largest absolute Gasteiger partial charge is 0.383 e. The number of hydrogen-bond donors (Lipinski definition) is 1. The number of nitrogens with zero attached hydrogens (tertiary/aromatic N) is 3. The summed E-state index contributed by atoms with van der Waals surface area (Å²) in [5.74, 6) is 0.626. The second kappa shape index (κ2) is 4.92. The molecule has 0 amide bonds. The van der Waals surface area contributed by atoms with Gasteiger partial charge >= 0.3 is 0 Å². The molecule has 1 aromatic heterocycles. The summed E-state index contributed by atoms with van der Waals surface area (Å²) in [6.45, 7) is 16.6. The van der Waals surface area contributed by atoms with Crippen LogP contribution in [0, 0.1) is 6.92 Å². The monoisotopic (exact) mass is 276 g/mol. The highest BCUT2D eigenvalue weighted by molar-refractivity contribution is 5.53. The number of rotatable bonds is 1. The zero-order chi connectivity index (χ0) is 15.1. The molecule has 2 heterocycles. The molecule has 1 aromatic rings. The van der Waals surface area contributed by atoms with E-state index in [-0.39, 0.29) is 11.1 Å². The molecule has 20 heavy (non-hydrogen) atoms. The minimum absolute atomic E-state index is 0.145. The molecule has 1 fully saturated rings. The van der Waals surface area contributed by atoms with Crippen LogP contribution in [0.3, 0.4) is 0 Å². The Morgan fingerprint density at radius 1 is 1.25 bits per heavy atom. The molecule has 4 nitrogen and oxygen atoms in total. The van der Waals surface area contributed by atoms with E-state index in [2.05, 4.69) is 55.5 Å². The van der Waals surface area contributed by atoms with Crippen LogP contribution in [0.5, 0.6) is 0 Å². The van der Waals surface area contributed by atoms with Gasteiger partial charge in [0.05, 0.1) is 11.9 Å². The topological polar surface area (TPSA) is 45.4 Å². The Bertz CT molecular complexity index is 488. The number of aryl methyl sites for hydroxylation is 1. The molecule has 1 aliphatic heterocycles. The van der Waals surface area contributed by atoms with Gasteiger partial charge in [-0.25, -0.2) is 4.98 Å². The van der Waals surface area contributed by atoms with Gasteiger partial charge in [-0.3, -0.25) is 4.90 Å². The van der Waals surface area contributed by atoms with Crippen molar-refractivity contribution in [2.75, 3.05) is 30.3 Å². The van der Waals surface area contributed by atoms with E-state index in [1.54, 1.807) is 0 Å². The minimum Gasteiger partial charge on any atom is -0.383 e. The van der Waals surface area contributed by atoms with Gasteiger partial charge in [-0.2, -0.15) is 0 Å². The Balaban J connectivity index is 2.21. The second-order valence-corrected chi connectivity index (χ2v) is 7.45. The first-order valence-electron chi connectivity index (χ1n) is 7.36. The van der Waals surface area contributed by atoms with E-state index in [0.29, 0.717) is 5.82 Å². The number of anilines is 2. The average Bonchev–Trinajstić information content (AvgIpc) is 2.29. The zero-order valence-corrected chi connectivity index (χ0v) is 13.7. The third-order valence-electron chi connectivity index (χ3n) is 4.18. The summed E-state index contributed by atoms with van der Waals surface area (Å²) < 4.78 is 0. The van der Waals surface area contributed by atoms with Crippen LogP contribution in [-0.2, 0) is 0 Å². The van der Waals surface area contributed by atoms with Crippen molar-refractivity contribution in [2.24, 2.45) is 0 Å². The fourth-order valence-electron chi connectivity index (χ4n) is 3.36. The fourth-order valence-corrected chi connectivity index (χ4v) is 3.36. The van der Waals surface area contributed by atoms with Crippen LogP contribution < -0.4 is 10.6 Å². The number of piperazine rings is 1. The standard InChI is InChI=1S/C16H28N4/c1-12-9-13(10-18-14(12)17)19-7-8-20(15(2,3)4)16(5,6)11-19/h9-10H,7-8,11H2,1-6H3,(H2,17,18). The molecular weight excluding hydrogens is 248 g/mol. The van der Waals surface area contributed by atoms with Crippen LogP contribution in [0.25, 0.3) is 0 Å². The van der Waals surface area contributed by atoms with Gasteiger partial charge in [0.25, 0.3) is 0 Å². The highest BCUT2D eigenvalue weighted by atomic mass is 15.3. The van der Waals surface area contributed by atoms with Gasteiger partial charge < -0.3 is 10.6 Å². The van der Waals surface area contributed by atoms with E-state index in [4.69, 9.17) is 5.73 Å². The smallest absolute Gasteiger partial charge is 0.126 e. The average molecular weight is 276 g/mol. The molecule has 0 bridgehead atoms. The minimum atomic E-state index is 0.145. The quantitative estimate of drug-likeness (QED) is 0.856. The Kier molecular flexibility index (Phi) is 3.71. The van der Waals surface area contributed by atoms with Gasteiger partial charge in [-0.1, -0.05) is 0 Å². The summed E-state index contributed by atoms with van der Waals surface area (Å²) in [6, 6.07) is 2.14. The van der Waals surface area contributed by atoms with Crippen molar-refractivity contribution < 1.29 is 0 Å². The molecule has 0 radical (unpaired) electrons. The lowest BCUT2D eigenvalue weighted by Gasteiger charge is -2.53. The molecule has 0 aliphatic carbocycles. The normalized spacial score (nSPS) is 20.2. The van der Waals surface area contributed by atoms with Crippen molar-refractivity contribution >= 4 is 11.5 Å². The van der Waals surface area contributed by atoms with Gasteiger partial charge in [0.15, 0.2) is 0 Å². The maximum absolute atomic E-state index is 5.81. The van der Waals surface area contributed by atoms with Crippen LogP contribution in [-0.4, -0.2) is 40.6 Å². The molecule has 2 N–H and O–H groups in total. The third kappa shape index (κ3) is 2.90. The highest BCUT2D eigenvalue weighted by Crippen LogP contribution is 2.31. The van der Waals surface area contributed by atoms with E-state index >= 15 is 0 Å². The Labute approximate surface area is 123 Å². The van der Waals surface area contributed by atoms with E-state index in [1.807, 2.05) is 13.1 Å². The van der Waals surface area contributed by atoms with Gasteiger partial charge in [-0.15, -0.1) is 0 Å². The van der Waals surface area contributed by atoms with E-state index in [1.165, 1.54) is 5.69 Å². The first-order chi connectivity index (χ1) is 9.11. The molecule has 4 heteroatoms. The number of pyridine rings is 1. The molecule has 0 saturated carbocycles. The lowest BCUT2D eigenvalue weighted by Crippen LogP contribution is -2.64.